The molecule has 0 saturated heterocycles. The highest BCUT2D eigenvalue weighted by Gasteiger charge is 2.19. The molecule has 0 fully saturated rings. The summed E-state index contributed by atoms with van der Waals surface area (Å²) in [6, 6.07) is 0. The van der Waals surface area contributed by atoms with Crippen molar-refractivity contribution < 1.29 is 19.0 Å². The molecule has 1 heterocycles. The number of nitrogens with zero attached hydrogens (tertiary/aromatic N) is 1. The molecule has 0 aliphatic carbocycles. The molecule has 2 N–H and O–H groups in total. The van der Waals surface area contributed by atoms with Gasteiger partial charge in [-0.25, -0.2) is 8.78 Å². The lowest BCUT2D eigenvalue weighted by Gasteiger charge is -2.10. The fourth-order valence-corrected chi connectivity index (χ4v) is 1.41. The molecule has 1 aromatic rings. The molecule has 0 amide bonds. The number of alkyl halides is 3. The Labute approximate surface area is 84.0 Å². The minimum atomic E-state index is -2.79. The SMILES string of the molecule is OCc1c(C(F)F)ncc(O)c1CCl. The van der Waals surface area contributed by atoms with Gasteiger partial charge >= 0.3 is 0 Å². The molecule has 0 aromatic carbocycles. The van der Waals surface area contributed by atoms with Crippen LogP contribution in [-0.4, -0.2) is 15.2 Å². The first-order valence-electron chi connectivity index (χ1n) is 3.76. The van der Waals surface area contributed by atoms with Gasteiger partial charge in [0, 0.05) is 11.1 Å². The van der Waals surface area contributed by atoms with Crippen molar-refractivity contribution in [1.29, 1.82) is 0 Å². The van der Waals surface area contributed by atoms with Crippen molar-refractivity contribution >= 4 is 11.6 Å². The van der Waals surface area contributed by atoms with E-state index < -0.39 is 18.7 Å². The maximum Gasteiger partial charge on any atom is 0.280 e. The zero-order valence-electron chi connectivity index (χ0n) is 7.04. The normalized spacial score (nSPS) is 10.9. The van der Waals surface area contributed by atoms with Crippen LogP contribution in [0.2, 0.25) is 0 Å². The minimum absolute atomic E-state index is 0.0967. The predicted molar refractivity (Wildman–Crippen MR) is 46.3 cm³/mol. The van der Waals surface area contributed by atoms with Gasteiger partial charge in [0.05, 0.1) is 18.7 Å². The van der Waals surface area contributed by atoms with Crippen molar-refractivity contribution in [2.45, 2.75) is 18.9 Å². The van der Waals surface area contributed by atoms with E-state index in [9.17, 15) is 13.9 Å². The first kappa shape index (κ1) is 11.1. The van der Waals surface area contributed by atoms with E-state index in [-0.39, 0.29) is 22.8 Å². The van der Waals surface area contributed by atoms with E-state index in [0.717, 1.165) is 6.20 Å². The number of pyridine rings is 1. The highest BCUT2D eigenvalue weighted by molar-refractivity contribution is 6.17. The highest BCUT2D eigenvalue weighted by atomic mass is 35.5. The monoisotopic (exact) mass is 223 g/mol. The molecule has 78 valence electrons. The molecule has 0 atom stereocenters. The van der Waals surface area contributed by atoms with Gasteiger partial charge in [-0.2, -0.15) is 0 Å². The molecule has 6 heteroatoms. The van der Waals surface area contributed by atoms with Gasteiger partial charge in [0.25, 0.3) is 6.43 Å². The van der Waals surface area contributed by atoms with E-state index in [1.807, 2.05) is 0 Å². The summed E-state index contributed by atoms with van der Waals surface area (Å²) >= 11 is 5.45. The molecule has 0 bridgehead atoms. The Balaban J connectivity index is 3.33. The molecule has 0 saturated carbocycles. The van der Waals surface area contributed by atoms with Crippen LogP contribution in [0.25, 0.3) is 0 Å². The van der Waals surface area contributed by atoms with Gasteiger partial charge < -0.3 is 10.2 Å². The Morgan fingerprint density at radius 1 is 1.43 bits per heavy atom. The van der Waals surface area contributed by atoms with Crippen LogP contribution in [0.3, 0.4) is 0 Å². The predicted octanol–water partition coefficient (Wildman–Crippen LogP) is 1.96. The molecule has 0 radical (unpaired) electrons. The lowest BCUT2D eigenvalue weighted by Crippen LogP contribution is -2.03. The summed E-state index contributed by atoms with van der Waals surface area (Å²) in [7, 11) is 0. The van der Waals surface area contributed by atoms with Gasteiger partial charge in [-0.05, 0) is 0 Å². The maximum absolute atomic E-state index is 12.4. The van der Waals surface area contributed by atoms with Crippen LogP contribution in [0.15, 0.2) is 6.20 Å². The van der Waals surface area contributed by atoms with Gasteiger partial charge in [-0.15, -0.1) is 11.6 Å². The molecule has 0 unspecified atom stereocenters. The van der Waals surface area contributed by atoms with E-state index in [0.29, 0.717) is 0 Å². The molecule has 14 heavy (non-hydrogen) atoms. The average Bonchev–Trinajstić information content (AvgIpc) is 2.16. The Bertz CT molecular complexity index is 333. The summed E-state index contributed by atoms with van der Waals surface area (Å²) in [5.41, 5.74) is -0.546. The second kappa shape index (κ2) is 4.52. The van der Waals surface area contributed by atoms with Crippen LogP contribution in [-0.2, 0) is 12.5 Å². The topological polar surface area (TPSA) is 53.4 Å². The summed E-state index contributed by atoms with van der Waals surface area (Å²) in [6.07, 6.45) is -1.89. The lowest BCUT2D eigenvalue weighted by molar-refractivity contribution is 0.141. The third-order valence-corrected chi connectivity index (χ3v) is 2.07. The lowest BCUT2D eigenvalue weighted by atomic mass is 10.1. The van der Waals surface area contributed by atoms with Gasteiger partial charge in [-0.1, -0.05) is 0 Å². The molecule has 1 aromatic heterocycles. The summed E-state index contributed by atoms with van der Waals surface area (Å²) < 4.78 is 24.7. The van der Waals surface area contributed by atoms with Crippen molar-refractivity contribution in [3.05, 3.63) is 23.0 Å². The van der Waals surface area contributed by atoms with E-state index in [2.05, 4.69) is 4.98 Å². The molecular formula is C8H8ClF2NO2. The number of aromatic nitrogens is 1. The number of hydrogen-bond donors (Lipinski definition) is 2. The van der Waals surface area contributed by atoms with Crippen LogP contribution in [0, 0.1) is 0 Å². The third-order valence-electron chi connectivity index (χ3n) is 1.81. The number of aromatic hydroxyl groups is 1. The highest BCUT2D eigenvalue weighted by Crippen LogP contribution is 2.29. The number of rotatable bonds is 3. The summed E-state index contributed by atoms with van der Waals surface area (Å²) in [6.45, 7) is -0.622. The smallest absolute Gasteiger partial charge is 0.280 e. The van der Waals surface area contributed by atoms with E-state index >= 15 is 0 Å². The summed E-state index contributed by atoms with van der Waals surface area (Å²) in [5, 5.41) is 18.1. The Hall–Kier alpha value is -0.940. The Morgan fingerprint density at radius 2 is 2.07 bits per heavy atom. The first-order chi connectivity index (χ1) is 6.61. The van der Waals surface area contributed by atoms with Crippen LogP contribution in [0.5, 0.6) is 5.75 Å². The van der Waals surface area contributed by atoms with Crippen LogP contribution in [0.1, 0.15) is 23.2 Å². The van der Waals surface area contributed by atoms with Crippen molar-refractivity contribution in [1.82, 2.24) is 4.98 Å². The summed E-state index contributed by atoms with van der Waals surface area (Å²) in [5.74, 6) is -0.433. The van der Waals surface area contributed by atoms with Crippen molar-refractivity contribution in [3.8, 4) is 5.75 Å². The van der Waals surface area contributed by atoms with Crippen molar-refractivity contribution in [3.63, 3.8) is 0 Å². The summed E-state index contributed by atoms with van der Waals surface area (Å²) in [4.78, 5) is 3.34. The van der Waals surface area contributed by atoms with E-state index in [4.69, 9.17) is 16.7 Å². The van der Waals surface area contributed by atoms with Gasteiger partial charge in [-0.3, -0.25) is 4.98 Å². The second-order valence-corrected chi connectivity index (χ2v) is 2.85. The van der Waals surface area contributed by atoms with Crippen molar-refractivity contribution in [2.24, 2.45) is 0 Å². The molecule has 0 aliphatic rings. The van der Waals surface area contributed by atoms with Gasteiger partial charge in [0.15, 0.2) is 0 Å². The zero-order chi connectivity index (χ0) is 10.7. The molecule has 0 spiro atoms. The molecular weight excluding hydrogens is 216 g/mol. The van der Waals surface area contributed by atoms with E-state index in [1.54, 1.807) is 0 Å². The van der Waals surface area contributed by atoms with Crippen LogP contribution < -0.4 is 0 Å². The molecule has 0 aliphatic heterocycles. The Morgan fingerprint density at radius 3 is 2.50 bits per heavy atom. The zero-order valence-corrected chi connectivity index (χ0v) is 7.80. The number of aliphatic hydroxyl groups is 1. The fraction of sp³-hybridized carbons (Fsp3) is 0.375. The number of aliphatic hydroxyl groups excluding tert-OH is 1. The standard InChI is InChI=1S/C8H8ClF2NO2/c9-1-4-5(3-13)7(8(10)11)12-2-6(4)14/h2,8,13-14H,1,3H2. The van der Waals surface area contributed by atoms with Gasteiger partial charge in [0.1, 0.15) is 11.4 Å². The molecule has 1 rings (SSSR count). The maximum atomic E-state index is 12.4. The van der Waals surface area contributed by atoms with Gasteiger partial charge in [0.2, 0.25) is 0 Å². The minimum Gasteiger partial charge on any atom is -0.506 e. The van der Waals surface area contributed by atoms with Crippen LogP contribution >= 0.6 is 11.6 Å². The quantitative estimate of drug-likeness (QED) is 0.771. The number of hydrogen-bond acceptors (Lipinski definition) is 3. The third kappa shape index (κ3) is 1.93. The average molecular weight is 224 g/mol. The number of halogens is 3. The Kier molecular flexibility index (Phi) is 3.60. The second-order valence-electron chi connectivity index (χ2n) is 2.58. The first-order valence-corrected chi connectivity index (χ1v) is 4.29. The molecule has 3 nitrogen and oxygen atoms in total. The largest absolute Gasteiger partial charge is 0.506 e. The fourth-order valence-electron chi connectivity index (χ4n) is 1.11. The van der Waals surface area contributed by atoms with E-state index in [1.165, 1.54) is 0 Å². The van der Waals surface area contributed by atoms with Crippen LogP contribution in [0.4, 0.5) is 8.78 Å². The van der Waals surface area contributed by atoms with Crippen molar-refractivity contribution in [2.75, 3.05) is 0 Å².